The molecule has 1 aromatic carbocycles. The van der Waals surface area contributed by atoms with Gasteiger partial charge in [-0.2, -0.15) is 0 Å². The second-order valence-electron chi connectivity index (χ2n) is 6.23. The van der Waals surface area contributed by atoms with Gasteiger partial charge >= 0.3 is 0 Å². The largest absolute Gasteiger partial charge is 0.494 e. The fourth-order valence-corrected chi connectivity index (χ4v) is 2.41. The molecule has 1 atom stereocenters. The molecule has 1 rings (SSSR count). The molecule has 0 radical (unpaired) electrons. The van der Waals surface area contributed by atoms with E-state index in [0.717, 1.165) is 12.3 Å². The van der Waals surface area contributed by atoms with Gasteiger partial charge in [-0.15, -0.1) is 0 Å². The standard InChI is InChI=1S/C16H28N2O/c1-6-19-14-9-7-8-13(10-14)15(11-17)18(5)12-16(2,3)4/h7-10,15H,6,11-12,17H2,1-5H3. The van der Waals surface area contributed by atoms with Crippen molar-refractivity contribution in [3.05, 3.63) is 29.8 Å². The number of rotatable bonds is 6. The van der Waals surface area contributed by atoms with E-state index in [4.69, 9.17) is 10.5 Å². The van der Waals surface area contributed by atoms with E-state index in [2.05, 4.69) is 44.9 Å². The lowest BCUT2D eigenvalue weighted by molar-refractivity contribution is 0.175. The minimum Gasteiger partial charge on any atom is -0.494 e. The summed E-state index contributed by atoms with van der Waals surface area (Å²) in [5.41, 5.74) is 7.45. The monoisotopic (exact) mass is 264 g/mol. The van der Waals surface area contributed by atoms with Gasteiger partial charge < -0.3 is 10.5 Å². The van der Waals surface area contributed by atoms with Gasteiger partial charge in [0.1, 0.15) is 5.75 Å². The molecule has 19 heavy (non-hydrogen) atoms. The molecule has 3 heteroatoms. The van der Waals surface area contributed by atoms with Gasteiger partial charge in [0.05, 0.1) is 6.61 Å². The van der Waals surface area contributed by atoms with Crippen LogP contribution in [0.15, 0.2) is 24.3 Å². The van der Waals surface area contributed by atoms with Crippen molar-refractivity contribution in [2.75, 3.05) is 26.7 Å². The van der Waals surface area contributed by atoms with Crippen LogP contribution in [0.25, 0.3) is 0 Å². The summed E-state index contributed by atoms with van der Waals surface area (Å²) in [6, 6.07) is 8.48. The third-order valence-corrected chi connectivity index (χ3v) is 3.03. The Labute approximate surface area is 117 Å². The summed E-state index contributed by atoms with van der Waals surface area (Å²) in [6.45, 7) is 11.0. The number of nitrogens with zero attached hydrogens (tertiary/aromatic N) is 1. The van der Waals surface area contributed by atoms with Crippen LogP contribution in [-0.4, -0.2) is 31.6 Å². The Hall–Kier alpha value is -1.06. The minimum atomic E-state index is 0.236. The van der Waals surface area contributed by atoms with Crippen LogP contribution >= 0.6 is 0 Å². The van der Waals surface area contributed by atoms with Gasteiger partial charge in [0.15, 0.2) is 0 Å². The van der Waals surface area contributed by atoms with Gasteiger partial charge in [0, 0.05) is 19.1 Å². The van der Waals surface area contributed by atoms with Crippen molar-refractivity contribution in [1.29, 1.82) is 0 Å². The first-order valence-corrected chi connectivity index (χ1v) is 7.00. The maximum absolute atomic E-state index is 5.97. The molecule has 0 bridgehead atoms. The Morgan fingerprint density at radius 3 is 2.53 bits per heavy atom. The highest BCUT2D eigenvalue weighted by molar-refractivity contribution is 5.30. The highest BCUT2D eigenvalue weighted by atomic mass is 16.5. The van der Waals surface area contributed by atoms with Crippen LogP contribution in [0.1, 0.15) is 39.3 Å². The molecule has 0 aromatic heterocycles. The second kappa shape index (κ2) is 6.92. The molecule has 1 unspecified atom stereocenters. The Bertz CT molecular complexity index is 385. The fraction of sp³-hybridized carbons (Fsp3) is 0.625. The number of ether oxygens (including phenoxy) is 1. The number of hydrogen-bond donors (Lipinski definition) is 1. The predicted octanol–water partition coefficient (Wildman–Crippen LogP) is 3.06. The Kier molecular flexibility index (Phi) is 5.83. The first kappa shape index (κ1) is 16.0. The van der Waals surface area contributed by atoms with Crippen LogP contribution in [0, 0.1) is 5.41 Å². The zero-order chi connectivity index (χ0) is 14.5. The molecule has 0 aliphatic heterocycles. The fourth-order valence-electron chi connectivity index (χ4n) is 2.41. The molecule has 2 N–H and O–H groups in total. The summed E-state index contributed by atoms with van der Waals surface area (Å²) in [7, 11) is 2.14. The zero-order valence-electron chi connectivity index (χ0n) is 12.9. The van der Waals surface area contributed by atoms with Crippen molar-refractivity contribution in [3.8, 4) is 5.75 Å². The lowest BCUT2D eigenvalue weighted by atomic mass is 9.94. The third kappa shape index (κ3) is 5.21. The first-order chi connectivity index (χ1) is 8.87. The molecule has 0 saturated carbocycles. The van der Waals surface area contributed by atoms with Crippen molar-refractivity contribution in [1.82, 2.24) is 4.90 Å². The molecule has 108 valence electrons. The van der Waals surface area contributed by atoms with Gasteiger partial charge in [-0.3, -0.25) is 4.90 Å². The maximum atomic E-state index is 5.97. The first-order valence-electron chi connectivity index (χ1n) is 7.00. The minimum absolute atomic E-state index is 0.236. The van der Waals surface area contributed by atoms with Crippen molar-refractivity contribution in [2.45, 2.75) is 33.7 Å². The molecule has 3 nitrogen and oxygen atoms in total. The van der Waals surface area contributed by atoms with Crippen LogP contribution in [0.4, 0.5) is 0 Å². The van der Waals surface area contributed by atoms with E-state index in [1.165, 1.54) is 5.56 Å². The van der Waals surface area contributed by atoms with Gasteiger partial charge in [0.25, 0.3) is 0 Å². The number of nitrogens with two attached hydrogens (primary N) is 1. The molecular formula is C16H28N2O. The van der Waals surface area contributed by atoms with E-state index in [9.17, 15) is 0 Å². The SMILES string of the molecule is CCOc1cccc(C(CN)N(C)CC(C)(C)C)c1. The molecule has 0 aliphatic carbocycles. The van der Waals surface area contributed by atoms with Gasteiger partial charge in [-0.05, 0) is 37.1 Å². The molecule has 0 saturated heterocycles. The normalized spacial score (nSPS) is 13.6. The van der Waals surface area contributed by atoms with Crippen LogP contribution in [0.2, 0.25) is 0 Å². The Balaban J connectivity index is 2.87. The van der Waals surface area contributed by atoms with Crippen molar-refractivity contribution >= 4 is 0 Å². The molecule has 1 aromatic rings. The van der Waals surface area contributed by atoms with Crippen molar-refractivity contribution in [3.63, 3.8) is 0 Å². The summed E-state index contributed by atoms with van der Waals surface area (Å²) in [4.78, 5) is 2.32. The Morgan fingerprint density at radius 1 is 1.32 bits per heavy atom. The molecule has 0 heterocycles. The average molecular weight is 264 g/mol. The third-order valence-electron chi connectivity index (χ3n) is 3.03. The van der Waals surface area contributed by atoms with E-state index in [1.807, 2.05) is 19.1 Å². The second-order valence-corrected chi connectivity index (χ2v) is 6.23. The van der Waals surface area contributed by atoms with Crippen LogP contribution in [-0.2, 0) is 0 Å². The molecule has 0 amide bonds. The summed E-state index contributed by atoms with van der Waals surface area (Å²) in [5, 5.41) is 0. The lowest BCUT2D eigenvalue weighted by Gasteiger charge is -2.33. The van der Waals surface area contributed by atoms with E-state index in [-0.39, 0.29) is 11.5 Å². The highest BCUT2D eigenvalue weighted by Gasteiger charge is 2.21. The Morgan fingerprint density at radius 2 is 2.00 bits per heavy atom. The lowest BCUT2D eigenvalue weighted by Crippen LogP contribution is -2.36. The molecule has 0 aliphatic rings. The summed E-state index contributed by atoms with van der Waals surface area (Å²) < 4.78 is 5.56. The van der Waals surface area contributed by atoms with Crippen molar-refractivity contribution < 1.29 is 4.74 Å². The number of benzene rings is 1. The van der Waals surface area contributed by atoms with E-state index in [0.29, 0.717) is 13.2 Å². The number of hydrogen-bond acceptors (Lipinski definition) is 3. The van der Waals surface area contributed by atoms with E-state index >= 15 is 0 Å². The van der Waals surface area contributed by atoms with Gasteiger partial charge in [-0.25, -0.2) is 0 Å². The van der Waals surface area contributed by atoms with Crippen LogP contribution in [0.5, 0.6) is 5.75 Å². The van der Waals surface area contributed by atoms with Crippen LogP contribution < -0.4 is 10.5 Å². The average Bonchev–Trinajstić information content (AvgIpc) is 2.28. The zero-order valence-corrected chi connectivity index (χ0v) is 12.9. The van der Waals surface area contributed by atoms with Crippen LogP contribution in [0.3, 0.4) is 0 Å². The van der Waals surface area contributed by atoms with E-state index in [1.54, 1.807) is 0 Å². The quantitative estimate of drug-likeness (QED) is 0.858. The number of likely N-dealkylation sites (N-methyl/N-ethyl adjacent to an activating group) is 1. The topological polar surface area (TPSA) is 38.5 Å². The predicted molar refractivity (Wildman–Crippen MR) is 81.5 cm³/mol. The van der Waals surface area contributed by atoms with Gasteiger partial charge in [0.2, 0.25) is 0 Å². The van der Waals surface area contributed by atoms with Crippen molar-refractivity contribution in [2.24, 2.45) is 11.1 Å². The summed E-state index contributed by atoms with van der Waals surface area (Å²) >= 11 is 0. The van der Waals surface area contributed by atoms with Gasteiger partial charge in [-0.1, -0.05) is 32.9 Å². The maximum Gasteiger partial charge on any atom is 0.119 e. The highest BCUT2D eigenvalue weighted by Crippen LogP contribution is 2.25. The molecule has 0 fully saturated rings. The summed E-state index contributed by atoms with van der Waals surface area (Å²) in [6.07, 6.45) is 0. The molecule has 0 spiro atoms. The van der Waals surface area contributed by atoms with E-state index < -0.39 is 0 Å². The smallest absolute Gasteiger partial charge is 0.119 e. The molecular weight excluding hydrogens is 236 g/mol. The summed E-state index contributed by atoms with van der Waals surface area (Å²) in [5.74, 6) is 0.919.